The molecule has 2 unspecified atom stereocenters. The lowest BCUT2D eigenvalue weighted by Gasteiger charge is -2.34. The summed E-state index contributed by atoms with van der Waals surface area (Å²) < 4.78 is 27.4. The van der Waals surface area contributed by atoms with Gasteiger partial charge in [0.1, 0.15) is 0 Å². The van der Waals surface area contributed by atoms with Gasteiger partial charge in [-0.25, -0.2) is 8.42 Å². The van der Waals surface area contributed by atoms with Crippen molar-refractivity contribution in [1.29, 1.82) is 0 Å². The van der Waals surface area contributed by atoms with E-state index in [4.69, 9.17) is 5.73 Å². The van der Waals surface area contributed by atoms with Gasteiger partial charge in [-0.3, -0.25) is 4.79 Å². The average Bonchev–Trinajstić information content (AvgIpc) is 2.51. The first kappa shape index (κ1) is 19.9. The molecule has 3 N–H and O–H groups in total. The second-order valence-electron chi connectivity index (χ2n) is 7.97. The molecule has 6 nitrogen and oxygen atoms in total. The third kappa shape index (κ3) is 5.26. The van der Waals surface area contributed by atoms with Crippen LogP contribution >= 0.6 is 0 Å². The van der Waals surface area contributed by atoms with E-state index in [0.717, 1.165) is 6.42 Å². The fourth-order valence-corrected chi connectivity index (χ4v) is 4.89. The monoisotopic (exact) mass is 367 g/mol. The number of hydrogen-bond acceptors (Lipinski definition) is 4. The number of sulfonamides is 1. The van der Waals surface area contributed by atoms with Crippen molar-refractivity contribution in [2.75, 3.05) is 19.6 Å². The van der Waals surface area contributed by atoms with Crippen molar-refractivity contribution >= 4 is 15.9 Å². The summed E-state index contributed by atoms with van der Waals surface area (Å²) in [6.07, 6.45) is 1.03. The number of nitrogens with zero attached hydrogens (tertiary/aromatic N) is 1. The van der Waals surface area contributed by atoms with Gasteiger partial charge in [-0.15, -0.1) is 0 Å². The minimum atomic E-state index is -3.60. The number of hydrogen-bond donors (Lipinski definition) is 2. The molecule has 1 saturated heterocycles. The molecule has 1 aliphatic heterocycles. The van der Waals surface area contributed by atoms with Gasteiger partial charge in [0.15, 0.2) is 0 Å². The molecule has 1 aromatic carbocycles. The molecule has 1 aliphatic rings. The van der Waals surface area contributed by atoms with Crippen LogP contribution in [0.25, 0.3) is 0 Å². The molecule has 1 heterocycles. The summed E-state index contributed by atoms with van der Waals surface area (Å²) in [5.74, 6) is 0.338. The molecule has 1 amide bonds. The Morgan fingerprint density at radius 2 is 1.88 bits per heavy atom. The number of piperidine rings is 1. The molecule has 1 aromatic rings. The van der Waals surface area contributed by atoms with Crippen LogP contribution < -0.4 is 11.1 Å². The molecule has 2 atom stereocenters. The zero-order valence-electron chi connectivity index (χ0n) is 15.5. The number of carbonyl (C=O) groups is 1. The van der Waals surface area contributed by atoms with Crippen LogP contribution in [-0.2, 0) is 10.0 Å². The first-order valence-corrected chi connectivity index (χ1v) is 10.1. The average molecular weight is 368 g/mol. The van der Waals surface area contributed by atoms with E-state index in [2.05, 4.69) is 19.2 Å². The van der Waals surface area contributed by atoms with Crippen molar-refractivity contribution in [1.82, 2.24) is 9.62 Å². The Balaban J connectivity index is 2.21. The third-order valence-electron chi connectivity index (χ3n) is 4.27. The highest BCUT2D eigenvalue weighted by Gasteiger charge is 2.32. The zero-order chi connectivity index (χ0) is 18.8. The van der Waals surface area contributed by atoms with Crippen LogP contribution in [0.15, 0.2) is 29.2 Å². The number of nitrogens with two attached hydrogens (primary N) is 1. The van der Waals surface area contributed by atoms with Gasteiger partial charge in [0.2, 0.25) is 10.0 Å². The molecular formula is C18H29N3O3S. The summed E-state index contributed by atoms with van der Waals surface area (Å²) in [6, 6.07) is 6.20. The van der Waals surface area contributed by atoms with E-state index in [1.807, 2.05) is 13.8 Å². The lowest BCUT2D eigenvalue weighted by molar-refractivity contribution is 0.0946. The van der Waals surface area contributed by atoms with E-state index in [9.17, 15) is 13.2 Å². The standard InChI is InChI=1S/C18H29N3O3S/c1-13-8-14(2)11-21(10-13)25(23,24)16-7-5-6-15(9-16)17(22)20-12-18(3,4)19/h5-7,9,13-14H,8,10-12,19H2,1-4H3,(H,20,22). The number of rotatable bonds is 5. The number of benzene rings is 1. The number of carbonyl (C=O) groups excluding carboxylic acids is 1. The fraction of sp³-hybridized carbons (Fsp3) is 0.611. The summed E-state index contributed by atoms with van der Waals surface area (Å²) in [4.78, 5) is 12.4. The lowest BCUT2D eigenvalue weighted by Crippen LogP contribution is -2.45. The second-order valence-corrected chi connectivity index (χ2v) is 9.91. The summed E-state index contributed by atoms with van der Waals surface area (Å²) >= 11 is 0. The predicted octanol–water partition coefficient (Wildman–Crippen LogP) is 1.82. The van der Waals surface area contributed by atoms with Crippen LogP contribution in [0.5, 0.6) is 0 Å². The van der Waals surface area contributed by atoms with Crippen LogP contribution in [0, 0.1) is 11.8 Å². The Hall–Kier alpha value is -1.44. The maximum Gasteiger partial charge on any atom is 0.251 e. The van der Waals surface area contributed by atoms with Gasteiger partial charge in [0.25, 0.3) is 5.91 Å². The normalized spacial score (nSPS) is 22.6. The molecule has 0 spiro atoms. The van der Waals surface area contributed by atoms with E-state index in [1.165, 1.54) is 10.4 Å². The van der Waals surface area contributed by atoms with Crippen molar-refractivity contribution < 1.29 is 13.2 Å². The SMILES string of the molecule is CC1CC(C)CN(S(=O)(=O)c2cccc(C(=O)NCC(C)(C)N)c2)C1. The highest BCUT2D eigenvalue weighted by atomic mass is 32.2. The van der Waals surface area contributed by atoms with Crippen molar-refractivity contribution in [3.05, 3.63) is 29.8 Å². The first-order chi connectivity index (χ1) is 11.5. The fourth-order valence-electron chi connectivity index (χ4n) is 3.16. The second kappa shape index (κ2) is 7.43. The van der Waals surface area contributed by atoms with E-state index in [1.54, 1.807) is 18.2 Å². The minimum Gasteiger partial charge on any atom is -0.350 e. The highest BCUT2D eigenvalue weighted by molar-refractivity contribution is 7.89. The molecule has 140 valence electrons. The van der Waals surface area contributed by atoms with Crippen molar-refractivity contribution in [2.24, 2.45) is 17.6 Å². The molecule has 0 aliphatic carbocycles. The van der Waals surface area contributed by atoms with Crippen LogP contribution in [0.1, 0.15) is 44.5 Å². The van der Waals surface area contributed by atoms with E-state index in [-0.39, 0.29) is 10.8 Å². The molecule has 0 bridgehead atoms. The van der Waals surface area contributed by atoms with Crippen molar-refractivity contribution in [2.45, 2.75) is 44.6 Å². The summed E-state index contributed by atoms with van der Waals surface area (Å²) in [5.41, 5.74) is 5.66. The Labute approximate surface area is 150 Å². The smallest absolute Gasteiger partial charge is 0.251 e. The van der Waals surface area contributed by atoms with Crippen molar-refractivity contribution in [3.63, 3.8) is 0 Å². The van der Waals surface area contributed by atoms with Crippen molar-refractivity contribution in [3.8, 4) is 0 Å². The van der Waals surface area contributed by atoms with Crippen LogP contribution in [0.4, 0.5) is 0 Å². The maximum atomic E-state index is 12.9. The van der Waals surface area contributed by atoms with E-state index >= 15 is 0 Å². The summed E-state index contributed by atoms with van der Waals surface area (Å²) in [7, 11) is -3.60. The molecule has 7 heteroatoms. The summed E-state index contributed by atoms with van der Waals surface area (Å²) in [6.45, 7) is 9.10. The minimum absolute atomic E-state index is 0.161. The summed E-state index contributed by atoms with van der Waals surface area (Å²) in [5, 5.41) is 2.74. The van der Waals surface area contributed by atoms with E-state index in [0.29, 0.717) is 37.0 Å². The third-order valence-corrected chi connectivity index (χ3v) is 6.10. The van der Waals surface area contributed by atoms with Crippen LogP contribution in [0.2, 0.25) is 0 Å². The first-order valence-electron chi connectivity index (χ1n) is 8.66. The topological polar surface area (TPSA) is 92.5 Å². The largest absolute Gasteiger partial charge is 0.350 e. The van der Waals surface area contributed by atoms with Gasteiger partial charge < -0.3 is 11.1 Å². The Kier molecular flexibility index (Phi) is 5.91. The van der Waals surface area contributed by atoms with Gasteiger partial charge in [0.05, 0.1) is 4.90 Å². The van der Waals surface area contributed by atoms with Crippen LogP contribution in [-0.4, -0.2) is 43.8 Å². The molecule has 25 heavy (non-hydrogen) atoms. The molecule has 1 fully saturated rings. The van der Waals surface area contributed by atoms with E-state index < -0.39 is 15.6 Å². The van der Waals surface area contributed by atoms with Gasteiger partial charge in [-0.2, -0.15) is 4.31 Å². The number of amides is 1. The van der Waals surface area contributed by atoms with Gasteiger partial charge >= 0.3 is 0 Å². The zero-order valence-corrected chi connectivity index (χ0v) is 16.3. The molecule has 0 aromatic heterocycles. The Morgan fingerprint density at radius 1 is 1.28 bits per heavy atom. The molecule has 0 saturated carbocycles. The lowest BCUT2D eigenvalue weighted by atomic mass is 9.94. The quantitative estimate of drug-likeness (QED) is 0.830. The Morgan fingerprint density at radius 3 is 2.44 bits per heavy atom. The van der Waals surface area contributed by atoms with Gasteiger partial charge in [-0.05, 0) is 50.3 Å². The molecule has 2 rings (SSSR count). The maximum absolute atomic E-state index is 12.9. The van der Waals surface area contributed by atoms with Gasteiger partial charge in [-0.1, -0.05) is 19.9 Å². The van der Waals surface area contributed by atoms with Gasteiger partial charge in [0, 0.05) is 30.7 Å². The number of nitrogens with one attached hydrogen (secondary N) is 1. The highest BCUT2D eigenvalue weighted by Crippen LogP contribution is 2.27. The molecule has 0 radical (unpaired) electrons. The molecular weight excluding hydrogens is 338 g/mol. The van der Waals surface area contributed by atoms with Crippen LogP contribution in [0.3, 0.4) is 0 Å². The Bertz CT molecular complexity index is 715. The predicted molar refractivity (Wildman–Crippen MR) is 98.7 cm³/mol.